The van der Waals surface area contributed by atoms with E-state index in [0.717, 1.165) is 12.1 Å². The summed E-state index contributed by atoms with van der Waals surface area (Å²) in [6.45, 7) is 0. The molecule has 2 aromatic rings. The molecule has 0 spiro atoms. The van der Waals surface area contributed by atoms with E-state index in [1.165, 1.54) is 18.2 Å². The Labute approximate surface area is 126 Å². The van der Waals surface area contributed by atoms with Crippen LogP contribution in [0.3, 0.4) is 0 Å². The largest absolute Gasteiger partial charge is 0.478 e. The first kappa shape index (κ1) is 16.3. The van der Waals surface area contributed by atoms with Crippen molar-refractivity contribution in [2.75, 3.05) is 0 Å². The summed E-state index contributed by atoms with van der Waals surface area (Å²) in [5, 5.41) is 19.8. The van der Waals surface area contributed by atoms with E-state index in [9.17, 15) is 28.1 Å². The van der Waals surface area contributed by atoms with E-state index in [1.807, 2.05) is 0 Å². The van der Waals surface area contributed by atoms with Crippen LogP contribution in [0.2, 0.25) is 0 Å². The normalized spacial score (nSPS) is 11.1. The predicted octanol–water partition coefficient (Wildman–Crippen LogP) is 4.10. The zero-order valence-corrected chi connectivity index (χ0v) is 11.2. The number of rotatable bonds is 4. The maximum absolute atomic E-state index is 12.6. The zero-order valence-electron chi connectivity index (χ0n) is 11.2. The van der Waals surface area contributed by atoms with Crippen LogP contribution in [-0.4, -0.2) is 16.0 Å². The fourth-order valence-electron chi connectivity index (χ4n) is 1.74. The van der Waals surface area contributed by atoms with Crippen LogP contribution >= 0.6 is 0 Å². The fraction of sp³-hybridized carbons (Fsp3) is 0.0714. The summed E-state index contributed by atoms with van der Waals surface area (Å²) in [5.74, 6) is -1.71. The first-order valence-electron chi connectivity index (χ1n) is 6.05. The van der Waals surface area contributed by atoms with Crippen molar-refractivity contribution in [3.8, 4) is 11.5 Å². The van der Waals surface area contributed by atoms with Gasteiger partial charge in [-0.3, -0.25) is 10.1 Å². The Hall–Kier alpha value is -3.10. The fourth-order valence-corrected chi connectivity index (χ4v) is 1.74. The van der Waals surface area contributed by atoms with Gasteiger partial charge in [0.1, 0.15) is 5.75 Å². The number of halogens is 3. The van der Waals surface area contributed by atoms with Crippen molar-refractivity contribution >= 4 is 11.7 Å². The van der Waals surface area contributed by atoms with E-state index in [0.29, 0.717) is 12.1 Å². The lowest BCUT2D eigenvalue weighted by molar-refractivity contribution is -0.385. The molecule has 6 nitrogen and oxygen atoms in total. The van der Waals surface area contributed by atoms with Gasteiger partial charge in [-0.05, 0) is 30.3 Å². The topological polar surface area (TPSA) is 89.7 Å². The van der Waals surface area contributed by atoms with Gasteiger partial charge < -0.3 is 9.84 Å². The molecule has 0 atom stereocenters. The van der Waals surface area contributed by atoms with Crippen molar-refractivity contribution in [3.63, 3.8) is 0 Å². The number of carbonyl (C=O) groups is 1. The van der Waals surface area contributed by atoms with Crippen LogP contribution in [0.5, 0.6) is 11.5 Å². The van der Waals surface area contributed by atoms with Crippen LogP contribution in [0.25, 0.3) is 0 Å². The van der Waals surface area contributed by atoms with E-state index in [-0.39, 0.29) is 11.3 Å². The second-order valence-electron chi connectivity index (χ2n) is 4.37. The van der Waals surface area contributed by atoms with Crippen LogP contribution < -0.4 is 4.74 Å². The molecule has 1 N–H and O–H groups in total. The molecule has 0 amide bonds. The highest BCUT2D eigenvalue weighted by atomic mass is 19.4. The van der Waals surface area contributed by atoms with Crippen LogP contribution in [0.15, 0.2) is 42.5 Å². The van der Waals surface area contributed by atoms with Gasteiger partial charge in [0.05, 0.1) is 16.1 Å². The number of alkyl halides is 3. The molecule has 0 fully saturated rings. The maximum atomic E-state index is 12.6. The van der Waals surface area contributed by atoms with Gasteiger partial charge in [0.25, 0.3) is 0 Å². The second-order valence-corrected chi connectivity index (χ2v) is 4.37. The third-order valence-corrected chi connectivity index (χ3v) is 2.79. The number of hydrogen-bond acceptors (Lipinski definition) is 4. The lowest BCUT2D eigenvalue weighted by atomic mass is 10.1. The van der Waals surface area contributed by atoms with Crippen molar-refractivity contribution < 1.29 is 32.7 Å². The van der Waals surface area contributed by atoms with Gasteiger partial charge >= 0.3 is 17.8 Å². The number of carboxylic acids is 1. The van der Waals surface area contributed by atoms with Crippen LogP contribution in [0.1, 0.15) is 15.9 Å². The molecule has 0 aromatic heterocycles. The molecule has 120 valence electrons. The molecule has 0 aliphatic carbocycles. The van der Waals surface area contributed by atoms with Crippen LogP contribution in [0.4, 0.5) is 18.9 Å². The molecular formula is C14H8F3NO5. The number of benzene rings is 2. The molecule has 23 heavy (non-hydrogen) atoms. The Morgan fingerprint density at radius 1 is 1.17 bits per heavy atom. The number of nitrogens with zero attached hydrogens (tertiary/aromatic N) is 1. The second kappa shape index (κ2) is 5.95. The minimum Gasteiger partial charge on any atom is -0.478 e. The highest BCUT2D eigenvalue weighted by Crippen LogP contribution is 2.37. The van der Waals surface area contributed by atoms with Gasteiger partial charge in [-0.15, -0.1) is 0 Å². The summed E-state index contributed by atoms with van der Waals surface area (Å²) in [6, 6.07) is 6.86. The Morgan fingerprint density at radius 3 is 2.43 bits per heavy atom. The van der Waals surface area contributed by atoms with E-state index in [4.69, 9.17) is 9.84 Å². The zero-order chi connectivity index (χ0) is 17.2. The number of ether oxygens (including phenoxy) is 1. The number of hydrogen-bond donors (Lipinski definition) is 1. The molecule has 0 heterocycles. The maximum Gasteiger partial charge on any atom is 0.416 e. The van der Waals surface area contributed by atoms with Crippen LogP contribution in [0, 0.1) is 10.1 Å². The van der Waals surface area contributed by atoms with Gasteiger partial charge in [-0.1, -0.05) is 6.07 Å². The Bertz CT molecular complexity index is 773. The van der Waals surface area contributed by atoms with Gasteiger partial charge in [0, 0.05) is 6.07 Å². The summed E-state index contributed by atoms with van der Waals surface area (Å²) in [6.07, 6.45) is -4.73. The van der Waals surface area contributed by atoms with Crippen molar-refractivity contribution in [2.45, 2.75) is 6.18 Å². The molecule has 0 saturated heterocycles. The van der Waals surface area contributed by atoms with Crippen molar-refractivity contribution in [2.24, 2.45) is 0 Å². The number of nitro benzene ring substituents is 1. The van der Waals surface area contributed by atoms with Crippen molar-refractivity contribution in [1.82, 2.24) is 0 Å². The standard InChI is InChI=1S/C14H8F3NO5/c15-14(16,17)9-4-5-12(11(7-9)18(21)22)23-10-3-1-2-8(6-10)13(19)20/h1-7H,(H,19,20). The summed E-state index contributed by atoms with van der Waals surface area (Å²) in [4.78, 5) is 20.8. The molecule has 0 saturated carbocycles. The van der Waals surface area contributed by atoms with E-state index < -0.39 is 34.1 Å². The molecule has 0 aliphatic rings. The monoisotopic (exact) mass is 327 g/mol. The van der Waals surface area contributed by atoms with Crippen molar-refractivity contribution in [1.29, 1.82) is 0 Å². The highest BCUT2D eigenvalue weighted by molar-refractivity contribution is 5.88. The van der Waals surface area contributed by atoms with Gasteiger partial charge in [-0.2, -0.15) is 13.2 Å². The average Bonchev–Trinajstić information content (AvgIpc) is 2.46. The van der Waals surface area contributed by atoms with Gasteiger partial charge in [0.15, 0.2) is 0 Å². The quantitative estimate of drug-likeness (QED) is 0.674. The number of aromatic carboxylic acids is 1. The summed E-state index contributed by atoms with van der Waals surface area (Å²) >= 11 is 0. The Morgan fingerprint density at radius 2 is 1.87 bits per heavy atom. The molecule has 2 rings (SSSR count). The lowest BCUT2D eigenvalue weighted by Gasteiger charge is -2.10. The summed E-state index contributed by atoms with van der Waals surface area (Å²) < 4.78 is 43.0. The first-order valence-corrected chi connectivity index (χ1v) is 6.05. The molecule has 0 aliphatic heterocycles. The average molecular weight is 327 g/mol. The van der Waals surface area contributed by atoms with Gasteiger partial charge in [0.2, 0.25) is 5.75 Å². The van der Waals surface area contributed by atoms with Crippen molar-refractivity contribution in [3.05, 3.63) is 63.7 Å². The minimum absolute atomic E-state index is 0.0484. The predicted molar refractivity (Wildman–Crippen MR) is 71.6 cm³/mol. The van der Waals surface area contributed by atoms with E-state index >= 15 is 0 Å². The molecule has 0 bridgehead atoms. The Balaban J connectivity index is 2.42. The molecule has 0 radical (unpaired) electrons. The number of nitro groups is 1. The minimum atomic E-state index is -4.73. The third kappa shape index (κ3) is 3.76. The molecular weight excluding hydrogens is 319 g/mol. The lowest BCUT2D eigenvalue weighted by Crippen LogP contribution is -2.06. The van der Waals surface area contributed by atoms with Gasteiger partial charge in [-0.25, -0.2) is 4.79 Å². The van der Waals surface area contributed by atoms with Crippen LogP contribution in [-0.2, 0) is 6.18 Å². The Kier molecular flexibility index (Phi) is 4.21. The summed E-state index contributed by atoms with van der Waals surface area (Å²) in [7, 11) is 0. The third-order valence-electron chi connectivity index (χ3n) is 2.79. The molecule has 9 heteroatoms. The smallest absolute Gasteiger partial charge is 0.416 e. The molecule has 2 aromatic carbocycles. The number of carboxylic acid groups (broad SMARTS) is 1. The highest BCUT2D eigenvalue weighted by Gasteiger charge is 2.33. The first-order chi connectivity index (χ1) is 10.7. The molecule has 0 unspecified atom stereocenters. The summed E-state index contributed by atoms with van der Waals surface area (Å²) in [5.41, 5.74) is -2.19. The SMILES string of the molecule is O=C(O)c1cccc(Oc2ccc(C(F)(F)F)cc2[N+](=O)[O-])c1. The van der Waals surface area contributed by atoms with E-state index in [1.54, 1.807) is 0 Å². The van der Waals surface area contributed by atoms with E-state index in [2.05, 4.69) is 0 Å².